The Kier molecular flexibility index (Phi) is 11.5. The predicted octanol–water partition coefficient (Wildman–Crippen LogP) is 21.7. The van der Waals surface area contributed by atoms with Gasteiger partial charge in [0.1, 0.15) is 0 Å². The van der Waals surface area contributed by atoms with E-state index in [1.165, 1.54) is 180 Å². The van der Waals surface area contributed by atoms with Gasteiger partial charge < -0.3 is 18.9 Å². The Bertz CT molecular complexity index is 4520. The van der Waals surface area contributed by atoms with E-state index in [9.17, 15) is 0 Å². The molecule has 0 atom stereocenters. The summed E-state index contributed by atoms with van der Waals surface area (Å²) in [6, 6.07) is 83.6. The number of anilines is 6. The molecule has 14 aromatic rings. The number of rotatable bonds is 10. The van der Waals surface area contributed by atoms with Crippen LogP contribution in [-0.4, -0.2) is 9.13 Å². The Morgan fingerprint density at radius 3 is 1.12 bits per heavy atom. The SMILES string of the molecule is CC(C)c1cc(N(c2ccc3c4ccccc4n(-c4ccccc4)c3c2)c2cccc3c2CCCC3)c2ccc3c(C(C)C)cc(N(c4ccc5c6ccccc6n(-c6ccccc6)c5c4)c4cccc5c4CCCC5)c4ccc1c2c34. The lowest BCUT2D eigenvalue weighted by atomic mass is 9.83. The number of aromatic nitrogens is 2. The molecule has 2 heterocycles. The summed E-state index contributed by atoms with van der Waals surface area (Å²) in [7, 11) is 0. The maximum Gasteiger partial charge on any atom is 0.0561 e. The molecule has 0 saturated carbocycles. The van der Waals surface area contributed by atoms with Gasteiger partial charge in [-0.05, 0) is 203 Å². The van der Waals surface area contributed by atoms with Gasteiger partial charge in [-0.1, -0.05) is 161 Å². The average molecular weight is 1060 g/mol. The van der Waals surface area contributed by atoms with Gasteiger partial charge in [-0.3, -0.25) is 0 Å². The fourth-order valence-electron chi connectivity index (χ4n) is 15.0. The van der Waals surface area contributed by atoms with Crippen molar-refractivity contribution in [2.45, 2.75) is 90.9 Å². The van der Waals surface area contributed by atoms with Crippen LogP contribution in [0.2, 0.25) is 0 Å². The van der Waals surface area contributed by atoms with Crippen molar-refractivity contribution < 1.29 is 0 Å². The van der Waals surface area contributed by atoms with Gasteiger partial charge in [-0.2, -0.15) is 0 Å². The van der Waals surface area contributed by atoms with Crippen molar-refractivity contribution in [1.29, 1.82) is 0 Å². The maximum absolute atomic E-state index is 2.67. The molecule has 0 saturated heterocycles. The van der Waals surface area contributed by atoms with Crippen LogP contribution in [0.3, 0.4) is 0 Å². The third kappa shape index (κ3) is 7.50. The summed E-state index contributed by atoms with van der Waals surface area (Å²) < 4.78 is 4.94. The first-order valence-electron chi connectivity index (χ1n) is 30.2. The Labute approximate surface area is 480 Å². The topological polar surface area (TPSA) is 16.3 Å². The quantitative estimate of drug-likeness (QED) is 0.127. The van der Waals surface area contributed by atoms with Crippen LogP contribution in [0, 0.1) is 0 Å². The predicted molar refractivity (Wildman–Crippen MR) is 350 cm³/mol. The molecule has 12 aromatic carbocycles. The van der Waals surface area contributed by atoms with Crippen LogP contribution < -0.4 is 9.80 Å². The van der Waals surface area contributed by atoms with Gasteiger partial charge in [0.2, 0.25) is 0 Å². The first-order chi connectivity index (χ1) is 40.4. The number of para-hydroxylation sites is 4. The smallest absolute Gasteiger partial charge is 0.0561 e. The normalized spacial score (nSPS) is 13.7. The highest BCUT2D eigenvalue weighted by molar-refractivity contribution is 6.30. The minimum atomic E-state index is 0.262. The monoisotopic (exact) mass is 1060 g/mol. The van der Waals surface area contributed by atoms with Gasteiger partial charge in [0.05, 0.1) is 33.4 Å². The second-order valence-electron chi connectivity index (χ2n) is 24.0. The number of nitrogens with zero attached hydrogens (tertiary/aromatic N) is 4. The number of hydrogen-bond acceptors (Lipinski definition) is 2. The van der Waals surface area contributed by atoms with Gasteiger partial charge >= 0.3 is 0 Å². The molecule has 0 unspecified atom stereocenters. The molecule has 0 bridgehead atoms. The molecule has 0 spiro atoms. The van der Waals surface area contributed by atoms with Gasteiger partial charge in [0, 0.05) is 66.4 Å². The lowest BCUT2D eigenvalue weighted by Gasteiger charge is -2.34. The van der Waals surface area contributed by atoms with E-state index in [1.54, 1.807) is 0 Å². The summed E-state index contributed by atoms with van der Waals surface area (Å²) in [6.07, 6.45) is 9.18. The molecular formula is C78H66N4. The molecule has 2 aromatic heterocycles. The van der Waals surface area contributed by atoms with Crippen molar-refractivity contribution in [2.75, 3.05) is 9.80 Å². The van der Waals surface area contributed by atoms with E-state index in [-0.39, 0.29) is 11.8 Å². The first-order valence-corrected chi connectivity index (χ1v) is 30.2. The third-order valence-electron chi connectivity index (χ3n) is 18.7. The molecule has 2 aliphatic rings. The highest BCUT2D eigenvalue weighted by Crippen LogP contribution is 2.53. The minimum absolute atomic E-state index is 0.262. The zero-order chi connectivity index (χ0) is 54.7. The molecule has 398 valence electrons. The van der Waals surface area contributed by atoms with Crippen molar-refractivity contribution in [1.82, 2.24) is 9.13 Å². The van der Waals surface area contributed by atoms with Crippen LogP contribution in [0.5, 0.6) is 0 Å². The lowest BCUT2D eigenvalue weighted by Crippen LogP contribution is -2.17. The van der Waals surface area contributed by atoms with Crippen LogP contribution in [-0.2, 0) is 25.7 Å². The highest BCUT2D eigenvalue weighted by Gasteiger charge is 2.30. The molecule has 0 fully saturated rings. The number of hydrogen-bond donors (Lipinski definition) is 0. The average Bonchev–Trinajstić information content (AvgIpc) is 4.19. The molecule has 0 aliphatic heterocycles. The maximum atomic E-state index is 2.67. The van der Waals surface area contributed by atoms with Crippen molar-refractivity contribution >= 4 is 110 Å². The first kappa shape index (κ1) is 48.8. The summed E-state index contributed by atoms with van der Waals surface area (Å²) in [5, 5.41) is 13.0. The summed E-state index contributed by atoms with van der Waals surface area (Å²) in [6.45, 7) is 9.58. The highest BCUT2D eigenvalue weighted by atomic mass is 15.2. The Balaban J connectivity index is 1.00. The van der Waals surface area contributed by atoms with Gasteiger partial charge in [-0.25, -0.2) is 0 Å². The molecule has 82 heavy (non-hydrogen) atoms. The molecule has 4 heteroatoms. The third-order valence-corrected chi connectivity index (χ3v) is 18.7. The summed E-state index contributed by atoms with van der Waals surface area (Å²) >= 11 is 0. The van der Waals surface area contributed by atoms with E-state index in [4.69, 9.17) is 0 Å². The zero-order valence-corrected chi connectivity index (χ0v) is 47.4. The summed E-state index contributed by atoms with van der Waals surface area (Å²) in [4.78, 5) is 5.34. The molecule has 0 radical (unpaired) electrons. The fraction of sp³-hybridized carbons (Fsp3) is 0.179. The molecular weight excluding hydrogens is 993 g/mol. The Morgan fingerprint density at radius 2 is 0.683 bits per heavy atom. The van der Waals surface area contributed by atoms with E-state index in [1.807, 2.05) is 0 Å². The number of aryl methyl sites for hydroxylation is 2. The zero-order valence-electron chi connectivity index (χ0n) is 47.4. The van der Waals surface area contributed by atoms with E-state index in [0.717, 1.165) is 25.7 Å². The van der Waals surface area contributed by atoms with Crippen molar-refractivity contribution in [3.63, 3.8) is 0 Å². The lowest BCUT2D eigenvalue weighted by molar-refractivity contribution is 0.686. The van der Waals surface area contributed by atoms with E-state index < -0.39 is 0 Å². The summed E-state index contributed by atoms with van der Waals surface area (Å²) in [5.74, 6) is 0.523. The van der Waals surface area contributed by atoms with E-state index in [0.29, 0.717) is 0 Å². The van der Waals surface area contributed by atoms with E-state index >= 15 is 0 Å². The van der Waals surface area contributed by atoms with Gasteiger partial charge in [0.25, 0.3) is 0 Å². The molecule has 16 rings (SSSR count). The van der Waals surface area contributed by atoms with Gasteiger partial charge in [-0.15, -0.1) is 0 Å². The Morgan fingerprint density at radius 1 is 0.305 bits per heavy atom. The van der Waals surface area contributed by atoms with Gasteiger partial charge in [0.15, 0.2) is 0 Å². The van der Waals surface area contributed by atoms with Crippen LogP contribution in [0.4, 0.5) is 34.1 Å². The fourth-order valence-corrected chi connectivity index (χ4v) is 15.0. The number of fused-ring (bicyclic) bond motifs is 8. The Hall–Kier alpha value is -9.12. The second-order valence-corrected chi connectivity index (χ2v) is 24.0. The van der Waals surface area contributed by atoms with Crippen LogP contribution >= 0.6 is 0 Å². The largest absolute Gasteiger partial charge is 0.309 e. The van der Waals surface area contributed by atoms with Crippen LogP contribution in [0.25, 0.3) is 87.3 Å². The van der Waals surface area contributed by atoms with E-state index in [2.05, 4.69) is 265 Å². The summed E-state index contributed by atoms with van der Waals surface area (Å²) in [5.41, 5.74) is 23.2. The standard InChI is InChI=1S/C78H66N4/c1-49(2)67-47-75(81(69-35-19-23-51-21-11-13-29-57(51)69)55-37-39-61-59-31-15-17-33-71(59)79(73(61)45-55)53-25-7-5-8-26-53)65-44-42-64-68(50(3)4)48-76(66-43-41-63(67)77(65)78(64)66)82(70-36-20-24-52-22-12-14-30-58(52)70)56-38-40-62-60-32-16-18-34-72(60)80(74(62)46-56)54-27-9-6-10-28-54/h5-10,15-20,23-28,31-50H,11-14,21-22,29-30H2,1-4H3. The van der Waals surface area contributed by atoms with Crippen molar-refractivity contribution in [2.24, 2.45) is 0 Å². The van der Waals surface area contributed by atoms with Crippen molar-refractivity contribution in [3.05, 3.63) is 252 Å². The van der Waals surface area contributed by atoms with Crippen molar-refractivity contribution in [3.8, 4) is 11.4 Å². The minimum Gasteiger partial charge on any atom is -0.309 e. The molecule has 0 N–H and O–H groups in total. The molecule has 2 aliphatic carbocycles. The number of benzene rings is 12. The second kappa shape index (κ2) is 19.3. The van der Waals surface area contributed by atoms with Crippen LogP contribution in [0.1, 0.15) is 98.6 Å². The molecule has 4 nitrogen and oxygen atoms in total. The molecule has 0 amide bonds. The van der Waals surface area contributed by atoms with Crippen LogP contribution in [0.15, 0.2) is 218 Å².